The Morgan fingerprint density at radius 3 is 2.28 bits per heavy atom. The van der Waals surface area contributed by atoms with Gasteiger partial charge in [0.1, 0.15) is 11.5 Å². The topological polar surface area (TPSA) is 26.3 Å². The Bertz CT molecular complexity index is 897. The van der Waals surface area contributed by atoms with Crippen LogP contribution in [0.3, 0.4) is 0 Å². The van der Waals surface area contributed by atoms with E-state index >= 15 is 0 Å². The van der Waals surface area contributed by atoms with Crippen LogP contribution in [-0.2, 0) is 10.8 Å². The zero-order valence-electron chi connectivity index (χ0n) is 14.3. The van der Waals surface area contributed by atoms with Crippen LogP contribution in [0.2, 0.25) is 0 Å². The minimum atomic E-state index is -1.17. The highest BCUT2D eigenvalue weighted by Gasteiger charge is 2.04. The van der Waals surface area contributed by atoms with E-state index in [1.165, 1.54) is 0 Å². The van der Waals surface area contributed by atoms with Gasteiger partial charge in [-0.2, -0.15) is 0 Å². The number of hydrogen-bond acceptors (Lipinski definition) is 2. The first kappa shape index (κ1) is 17.2. The second-order valence-corrected chi connectivity index (χ2v) is 7.16. The summed E-state index contributed by atoms with van der Waals surface area (Å²) in [7, 11) is -1.17. The molecular weight excluding hydrogens is 328 g/mol. The van der Waals surface area contributed by atoms with E-state index in [0.29, 0.717) is 0 Å². The van der Waals surface area contributed by atoms with Crippen LogP contribution < -0.4 is 4.74 Å². The molecule has 0 aliphatic carbocycles. The molecule has 2 nitrogen and oxygen atoms in total. The van der Waals surface area contributed by atoms with Crippen LogP contribution in [0.4, 0.5) is 0 Å². The molecule has 0 aliphatic heterocycles. The zero-order chi connectivity index (χ0) is 17.6. The fourth-order valence-corrected chi connectivity index (χ4v) is 3.40. The van der Waals surface area contributed by atoms with Crippen LogP contribution in [-0.4, -0.2) is 4.21 Å². The normalized spacial score (nSPS) is 12.6. The average Bonchev–Trinajstić information content (AvgIpc) is 2.63. The van der Waals surface area contributed by atoms with E-state index in [1.807, 2.05) is 92.7 Å². The minimum Gasteiger partial charge on any atom is -0.457 e. The van der Waals surface area contributed by atoms with Crippen LogP contribution in [0.5, 0.6) is 11.5 Å². The van der Waals surface area contributed by atoms with E-state index in [4.69, 9.17) is 4.74 Å². The Labute approximate surface area is 151 Å². The SMILES string of the molecule is C/C(=C/S(=O)c1ccc(C)cc1)c1cccc(Oc2ccccc2)c1. The molecule has 0 amide bonds. The Kier molecular flexibility index (Phi) is 5.46. The largest absolute Gasteiger partial charge is 0.457 e. The Morgan fingerprint density at radius 1 is 0.880 bits per heavy atom. The number of aryl methyl sites for hydroxylation is 1. The fraction of sp³-hybridized carbons (Fsp3) is 0.0909. The van der Waals surface area contributed by atoms with Crippen molar-refractivity contribution >= 4 is 16.4 Å². The number of hydrogen-bond donors (Lipinski definition) is 0. The molecule has 0 N–H and O–H groups in total. The van der Waals surface area contributed by atoms with Gasteiger partial charge < -0.3 is 4.74 Å². The summed E-state index contributed by atoms with van der Waals surface area (Å²) < 4.78 is 18.4. The Hall–Kier alpha value is -2.65. The Balaban J connectivity index is 1.79. The number of ether oxygens (including phenoxy) is 1. The van der Waals surface area contributed by atoms with Crippen molar-refractivity contribution in [2.24, 2.45) is 0 Å². The van der Waals surface area contributed by atoms with Gasteiger partial charge in [0, 0.05) is 10.3 Å². The van der Waals surface area contributed by atoms with Gasteiger partial charge in [-0.3, -0.25) is 0 Å². The van der Waals surface area contributed by atoms with Crippen molar-refractivity contribution in [1.29, 1.82) is 0 Å². The monoisotopic (exact) mass is 348 g/mol. The van der Waals surface area contributed by atoms with Crippen molar-refractivity contribution in [3.63, 3.8) is 0 Å². The molecular formula is C22H20O2S. The second kappa shape index (κ2) is 7.95. The lowest BCUT2D eigenvalue weighted by Gasteiger charge is -2.08. The zero-order valence-corrected chi connectivity index (χ0v) is 15.1. The first-order chi connectivity index (χ1) is 12.1. The van der Waals surface area contributed by atoms with Gasteiger partial charge in [0.15, 0.2) is 0 Å². The molecule has 25 heavy (non-hydrogen) atoms. The van der Waals surface area contributed by atoms with E-state index in [9.17, 15) is 4.21 Å². The van der Waals surface area contributed by atoms with Gasteiger partial charge in [-0.05, 0) is 61.4 Å². The standard InChI is InChI=1S/C22H20O2S/c1-17-11-13-22(14-12-17)25(23)16-18(2)19-7-6-10-21(15-19)24-20-8-4-3-5-9-20/h3-16H,1-2H3/b18-16-. The van der Waals surface area contributed by atoms with Gasteiger partial charge in [0.05, 0.1) is 10.8 Å². The molecule has 3 aromatic carbocycles. The third-order valence-electron chi connectivity index (χ3n) is 3.81. The van der Waals surface area contributed by atoms with Crippen molar-refractivity contribution < 1.29 is 8.95 Å². The quantitative estimate of drug-likeness (QED) is 0.569. The smallest absolute Gasteiger partial charge is 0.128 e. The minimum absolute atomic E-state index is 0.762. The lowest BCUT2D eigenvalue weighted by atomic mass is 10.1. The van der Waals surface area contributed by atoms with Crippen molar-refractivity contribution in [3.05, 3.63) is 95.4 Å². The van der Waals surface area contributed by atoms with E-state index in [2.05, 4.69) is 0 Å². The van der Waals surface area contributed by atoms with E-state index in [0.717, 1.165) is 33.1 Å². The van der Waals surface area contributed by atoms with Crippen molar-refractivity contribution in [2.75, 3.05) is 0 Å². The maximum Gasteiger partial charge on any atom is 0.128 e. The highest BCUT2D eigenvalue weighted by Crippen LogP contribution is 2.25. The molecule has 0 bridgehead atoms. The lowest BCUT2D eigenvalue weighted by Crippen LogP contribution is -1.90. The third kappa shape index (κ3) is 4.68. The second-order valence-electron chi connectivity index (χ2n) is 5.85. The summed E-state index contributed by atoms with van der Waals surface area (Å²) in [4.78, 5) is 0.807. The molecule has 0 heterocycles. The molecule has 3 rings (SSSR count). The highest BCUT2D eigenvalue weighted by atomic mass is 32.2. The summed E-state index contributed by atoms with van der Waals surface area (Å²) in [6.07, 6.45) is 0. The highest BCUT2D eigenvalue weighted by molar-refractivity contribution is 7.88. The van der Waals surface area contributed by atoms with Gasteiger partial charge >= 0.3 is 0 Å². The van der Waals surface area contributed by atoms with Crippen LogP contribution in [0, 0.1) is 6.92 Å². The Morgan fingerprint density at radius 2 is 1.56 bits per heavy atom. The summed E-state index contributed by atoms with van der Waals surface area (Å²) in [5.41, 5.74) is 3.11. The summed E-state index contributed by atoms with van der Waals surface area (Å²) in [5, 5.41) is 1.78. The van der Waals surface area contributed by atoms with E-state index in [1.54, 1.807) is 5.41 Å². The summed E-state index contributed by atoms with van der Waals surface area (Å²) in [6, 6.07) is 25.3. The third-order valence-corrected chi connectivity index (χ3v) is 5.11. The van der Waals surface area contributed by atoms with Crippen molar-refractivity contribution in [3.8, 4) is 11.5 Å². The van der Waals surface area contributed by atoms with Crippen LogP contribution >= 0.6 is 0 Å². The van der Waals surface area contributed by atoms with Crippen LogP contribution in [0.15, 0.2) is 89.2 Å². The van der Waals surface area contributed by atoms with E-state index in [-0.39, 0.29) is 0 Å². The number of allylic oxidation sites excluding steroid dienone is 1. The fourth-order valence-electron chi connectivity index (χ4n) is 2.40. The molecule has 126 valence electrons. The first-order valence-corrected chi connectivity index (χ1v) is 9.32. The molecule has 1 unspecified atom stereocenters. The predicted octanol–water partition coefficient (Wildman–Crippen LogP) is 5.96. The lowest BCUT2D eigenvalue weighted by molar-refractivity contribution is 0.482. The molecule has 0 saturated heterocycles. The van der Waals surface area contributed by atoms with Crippen LogP contribution in [0.1, 0.15) is 18.1 Å². The summed E-state index contributed by atoms with van der Waals surface area (Å²) >= 11 is 0. The van der Waals surface area contributed by atoms with Crippen LogP contribution in [0.25, 0.3) is 5.57 Å². The number of para-hydroxylation sites is 1. The average molecular weight is 348 g/mol. The summed E-state index contributed by atoms with van der Waals surface area (Å²) in [6.45, 7) is 3.99. The maximum absolute atomic E-state index is 12.5. The molecule has 1 atom stereocenters. The maximum atomic E-state index is 12.5. The summed E-state index contributed by atoms with van der Waals surface area (Å²) in [5.74, 6) is 1.56. The van der Waals surface area contributed by atoms with Gasteiger partial charge in [0.25, 0.3) is 0 Å². The van der Waals surface area contributed by atoms with Gasteiger partial charge in [0.2, 0.25) is 0 Å². The van der Waals surface area contributed by atoms with Gasteiger partial charge in [-0.1, -0.05) is 48.0 Å². The molecule has 0 fully saturated rings. The van der Waals surface area contributed by atoms with Gasteiger partial charge in [-0.25, -0.2) is 4.21 Å². The number of rotatable bonds is 5. The number of benzene rings is 3. The molecule has 0 radical (unpaired) electrons. The molecule has 0 aromatic heterocycles. The van der Waals surface area contributed by atoms with Gasteiger partial charge in [-0.15, -0.1) is 0 Å². The molecule has 0 spiro atoms. The first-order valence-electron chi connectivity index (χ1n) is 8.11. The molecule has 3 heteroatoms. The van der Waals surface area contributed by atoms with Crippen molar-refractivity contribution in [2.45, 2.75) is 18.7 Å². The van der Waals surface area contributed by atoms with Crippen molar-refractivity contribution in [1.82, 2.24) is 0 Å². The molecule has 3 aromatic rings. The molecule has 0 saturated carbocycles. The predicted molar refractivity (Wildman–Crippen MR) is 104 cm³/mol. The molecule has 0 aliphatic rings. The van der Waals surface area contributed by atoms with E-state index < -0.39 is 10.8 Å².